The minimum atomic E-state index is -0.324. The van der Waals surface area contributed by atoms with Gasteiger partial charge in [-0.1, -0.05) is 33.1 Å². The molecule has 1 unspecified atom stereocenters. The third-order valence-corrected chi connectivity index (χ3v) is 4.77. The Bertz CT molecular complexity index is 545. The maximum Gasteiger partial charge on any atom is 0.409 e. The molecule has 1 fully saturated rings. The molecular formula is C20H34N4O3. The third kappa shape index (κ3) is 7.25. The summed E-state index contributed by atoms with van der Waals surface area (Å²) in [5.74, 6) is 0.908. The number of pyridine rings is 1. The number of amides is 1. The third-order valence-electron chi connectivity index (χ3n) is 4.77. The van der Waals surface area contributed by atoms with E-state index >= 15 is 0 Å². The first-order valence-corrected chi connectivity index (χ1v) is 10.2. The van der Waals surface area contributed by atoms with Gasteiger partial charge < -0.3 is 25.0 Å². The fourth-order valence-electron chi connectivity index (χ4n) is 2.97. The van der Waals surface area contributed by atoms with Crippen molar-refractivity contribution in [2.75, 3.05) is 49.5 Å². The number of aliphatic hydroxyl groups excluding tert-OH is 1. The van der Waals surface area contributed by atoms with Gasteiger partial charge in [0.1, 0.15) is 5.82 Å². The average molecular weight is 379 g/mol. The molecule has 1 aliphatic rings. The van der Waals surface area contributed by atoms with E-state index in [9.17, 15) is 9.90 Å². The molecule has 0 aliphatic carbocycles. The Kier molecular flexibility index (Phi) is 9.18. The summed E-state index contributed by atoms with van der Waals surface area (Å²) in [4.78, 5) is 20.5. The smallest absolute Gasteiger partial charge is 0.409 e. The van der Waals surface area contributed by atoms with Gasteiger partial charge in [-0.15, -0.1) is 0 Å². The summed E-state index contributed by atoms with van der Waals surface area (Å²) >= 11 is 0. The highest BCUT2D eigenvalue weighted by Gasteiger charge is 2.22. The Balaban J connectivity index is 1.74. The van der Waals surface area contributed by atoms with Crippen LogP contribution in [-0.4, -0.2) is 66.5 Å². The molecule has 7 heteroatoms. The van der Waals surface area contributed by atoms with Crippen molar-refractivity contribution in [3.8, 4) is 0 Å². The van der Waals surface area contributed by atoms with Gasteiger partial charge in [0.25, 0.3) is 0 Å². The van der Waals surface area contributed by atoms with Crippen LogP contribution in [0.1, 0.15) is 46.0 Å². The van der Waals surface area contributed by atoms with Crippen LogP contribution in [0.15, 0.2) is 18.3 Å². The number of carbonyl (C=O) groups excluding carboxylic acids is 1. The predicted molar refractivity (Wildman–Crippen MR) is 108 cm³/mol. The molecule has 0 spiro atoms. The molecule has 1 atom stereocenters. The van der Waals surface area contributed by atoms with Crippen molar-refractivity contribution in [2.45, 2.75) is 52.1 Å². The van der Waals surface area contributed by atoms with E-state index in [4.69, 9.17) is 4.74 Å². The second kappa shape index (κ2) is 11.6. The van der Waals surface area contributed by atoms with Gasteiger partial charge in [0.15, 0.2) is 0 Å². The topological polar surface area (TPSA) is 77.9 Å². The predicted octanol–water partition coefficient (Wildman–Crippen LogP) is 3.10. The largest absolute Gasteiger partial charge is 0.449 e. The number of carbonyl (C=O) groups is 1. The average Bonchev–Trinajstić information content (AvgIpc) is 2.71. The first-order chi connectivity index (χ1) is 13.1. The van der Waals surface area contributed by atoms with Crippen molar-refractivity contribution in [2.24, 2.45) is 0 Å². The van der Waals surface area contributed by atoms with E-state index in [2.05, 4.69) is 29.0 Å². The van der Waals surface area contributed by atoms with Crippen LogP contribution in [0.25, 0.3) is 0 Å². The maximum atomic E-state index is 12.0. The number of anilines is 2. The van der Waals surface area contributed by atoms with E-state index < -0.39 is 0 Å². The fourth-order valence-corrected chi connectivity index (χ4v) is 2.97. The molecule has 0 saturated carbocycles. The second-order valence-corrected chi connectivity index (χ2v) is 7.02. The zero-order valence-electron chi connectivity index (χ0n) is 16.7. The molecule has 7 nitrogen and oxygen atoms in total. The molecule has 0 radical (unpaired) electrons. The number of nitrogens with zero attached hydrogens (tertiary/aromatic N) is 3. The monoisotopic (exact) mass is 378 g/mol. The van der Waals surface area contributed by atoms with Gasteiger partial charge in [0.05, 0.1) is 24.6 Å². The van der Waals surface area contributed by atoms with Gasteiger partial charge in [-0.3, -0.25) is 0 Å². The summed E-state index contributed by atoms with van der Waals surface area (Å²) in [5, 5.41) is 13.1. The molecule has 152 valence electrons. The van der Waals surface area contributed by atoms with Crippen LogP contribution in [0.2, 0.25) is 0 Å². The number of aliphatic hydroxyl groups is 1. The van der Waals surface area contributed by atoms with E-state index in [0.717, 1.165) is 56.7 Å². The number of piperazine rings is 1. The van der Waals surface area contributed by atoms with Gasteiger partial charge in [-0.25, -0.2) is 9.78 Å². The van der Waals surface area contributed by atoms with Crippen molar-refractivity contribution < 1.29 is 14.6 Å². The summed E-state index contributed by atoms with van der Waals surface area (Å²) in [7, 11) is 0. The minimum absolute atomic E-state index is 0.211. The van der Waals surface area contributed by atoms with Crippen LogP contribution in [-0.2, 0) is 4.74 Å². The molecule has 1 aromatic heterocycles. The normalized spacial score (nSPS) is 15.5. The zero-order chi connectivity index (χ0) is 19.5. The molecule has 1 amide bonds. The number of rotatable bonds is 10. The molecule has 0 aromatic carbocycles. The lowest BCUT2D eigenvalue weighted by molar-refractivity contribution is 0.0989. The fraction of sp³-hybridized carbons (Fsp3) is 0.700. The molecule has 2 rings (SSSR count). The van der Waals surface area contributed by atoms with E-state index in [1.165, 1.54) is 0 Å². The maximum absolute atomic E-state index is 12.0. The Morgan fingerprint density at radius 2 is 1.96 bits per heavy atom. The van der Waals surface area contributed by atoms with Gasteiger partial charge >= 0.3 is 6.09 Å². The number of unbranched alkanes of at least 4 members (excludes halogenated alkanes) is 2. The van der Waals surface area contributed by atoms with Gasteiger partial charge in [-0.05, 0) is 25.0 Å². The van der Waals surface area contributed by atoms with E-state index in [1.807, 2.05) is 12.1 Å². The Hall–Kier alpha value is -2.02. The summed E-state index contributed by atoms with van der Waals surface area (Å²) < 4.78 is 5.27. The van der Waals surface area contributed by atoms with Crippen LogP contribution >= 0.6 is 0 Å². The van der Waals surface area contributed by atoms with E-state index in [-0.39, 0.29) is 12.2 Å². The zero-order valence-corrected chi connectivity index (χ0v) is 16.7. The van der Waals surface area contributed by atoms with E-state index in [0.29, 0.717) is 26.2 Å². The van der Waals surface area contributed by atoms with Crippen molar-refractivity contribution >= 4 is 17.6 Å². The minimum Gasteiger partial charge on any atom is -0.449 e. The van der Waals surface area contributed by atoms with Crippen LogP contribution in [0.3, 0.4) is 0 Å². The van der Waals surface area contributed by atoms with Crippen LogP contribution in [0.4, 0.5) is 16.3 Å². The lowest BCUT2D eigenvalue weighted by atomic mass is 10.1. The summed E-state index contributed by atoms with van der Waals surface area (Å²) in [6, 6.07) is 3.97. The van der Waals surface area contributed by atoms with Gasteiger partial charge in [-0.2, -0.15) is 0 Å². The van der Waals surface area contributed by atoms with Crippen molar-refractivity contribution in [1.29, 1.82) is 0 Å². The lowest BCUT2D eigenvalue weighted by Crippen LogP contribution is -2.49. The molecule has 1 saturated heterocycles. The highest BCUT2D eigenvalue weighted by molar-refractivity contribution is 5.68. The highest BCUT2D eigenvalue weighted by Crippen LogP contribution is 2.17. The molecule has 2 heterocycles. The molecule has 2 N–H and O–H groups in total. The second-order valence-electron chi connectivity index (χ2n) is 7.02. The number of hydrogen-bond acceptors (Lipinski definition) is 6. The number of hydrogen-bond donors (Lipinski definition) is 2. The Morgan fingerprint density at radius 3 is 2.59 bits per heavy atom. The van der Waals surface area contributed by atoms with E-state index in [1.54, 1.807) is 11.1 Å². The van der Waals surface area contributed by atoms with Gasteiger partial charge in [0.2, 0.25) is 0 Å². The first-order valence-electron chi connectivity index (χ1n) is 10.2. The Morgan fingerprint density at radius 1 is 1.22 bits per heavy atom. The van der Waals surface area contributed by atoms with Crippen molar-refractivity contribution in [3.63, 3.8) is 0 Å². The SMILES string of the molecule is CCCCOC(=O)N1CCN(c2ccc(NCC(O)CCCC)cn2)CC1. The molecule has 27 heavy (non-hydrogen) atoms. The summed E-state index contributed by atoms with van der Waals surface area (Å²) in [5.41, 5.74) is 0.910. The quantitative estimate of drug-likeness (QED) is 0.609. The van der Waals surface area contributed by atoms with Crippen molar-refractivity contribution in [3.05, 3.63) is 18.3 Å². The summed E-state index contributed by atoms with van der Waals surface area (Å²) in [6.45, 7) is 8.04. The molecule has 1 aliphatic heterocycles. The van der Waals surface area contributed by atoms with Crippen LogP contribution in [0.5, 0.6) is 0 Å². The van der Waals surface area contributed by atoms with Crippen LogP contribution in [0, 0.1) is 0 Å². The lowest BCUT2D eigenvalue weighted by Gasteiger charge is -2.34. The number of nitrogens with one attached hydrogen (secondary N) is 1. The van der Waals surface area contributed by atoms with Crippen LogP contribution < -0.4 is 10.2 Å². The highest BCUT2D eigenvalue weighted by atomic mass is 16.6. The molecular weight excluding hydrogens is 344 g/mol. The molecule has 1 aromatic rings. The van der Waals surface area contributed by atoms with Gasteiger partial charge in [0, 0.05) is 32.7 Å². The number of ether oxygens (including phenoxy) is 1. The molecule has 0 bridgehead atoms. The first kappa shape index (κ1) is 21.3. The Labute approximate surface area is 162 Å². The number of aromatic nitrogens is 1. The summed E-state index contributed by atoms with van der Waals surface area (Å²) in [6.07, 6.45) is 6.15. The standard InChI is InChI=1S/C20H34N4O3/c1-3-5-7-18(25)16-21-17-8-9-19(22-15-17)23-10-12-24(13-11-23)20(26)27-14-6-4-2/h8-9,15,18,21,25H,3-7,10-14,16H2,1-2H3. The van der Waals surface area contributed by atoms with Crippen molar-refractivity contribution in [1.82, 2.24) is 9.88 Å².